The summed E-state index contributed by atoms with van der Waals surface area (Å²) in [6.07, 6.45) is 1.36. The fourth-order valence-electron chi connectivity index (χ4n) is 1.79. The lowest BCUT2D eigenvalue weighted by molar-refractivity contribution is 0.0396. The number of hydrazone groups is 1. The summed E-state index contributed by atoms with van der Waals surface area (Å²) in [5.41, 5.74) is -0.328. The molecule has 0 unspecified atom stereocenters. The van der Waals surface area contributed by atoms with Crippen LogP contribution in [0.15, 0.2) is 9.90 Å². The zero-order valence-electron chi connectivity index (χ0n) is 10.6. The molecule has 0 spiro atoms. The second kappa shape index (κ2) is 5.98. The number of nitrogens with one attached hydrogen (secondary N) is 1. The smallest absolute Gasteiger partial charge is 0.264 e. The average molecular weight is 284 g/mol. The van der Waals surface area contributed by atoms with Crippen LogP contribution in [-0.4, -0.2) is 52.2 Å². The van der Waals surface area contributed by atoms with E-state index in [1.165, 1.54) is 10.8 Å². The second-order valence-corrected chi connectivity index (χ2v) is 4.44. The van der Waals surface area contributed by atoms with E-state index in [1.807, 2.05) is 6.92 Å². The maximum atomic E-state index is 11.8. The standard InChI is InChI=1S/C11H16N4O3S/c1-2-15-10(17)8(9(16)13-11(15)19)7-12-14-3-5-18-6-4-14/h7,17H,2-6H2,1H3,(H,13,16,19)/b12-7+. The minimum Gasteiger partial charge on any atom is -0.494 e. The number of ether oxygens (including phenoxy) is 1. The molecule has 1 saturated heterocycles. The van der Waals surface area contributed by atoms with Crippen LogP contribution in [0.4, 0.5) is 0 Å². The number of hydrogen-bond acceptors (Lipinski definition) is 6. The quantitative estimate of drug-likeness (QED) is 0.616. The molecule has 104 valence electrons. The number of H-pyrrole nitrogens is 1. The SMILES string of the molecule is CCn1c(O)c(/C=N/N2CCOCC2)c(=O)[nH]c1=S. The van der Waals surface area contributed by atoms with Gasteiger partial charge in [0.25, 0.3) is 5.56 Å². The Hall–Kier alpha value is -1.67. The van der Waals surface area contributed by atoms with E-state index in [2.05, 4.69) is 10.1 Å². The molecular weight excluding hydrogens is 268 g/mol. The van der Waals surface area contributed by atoms with Crippen molar-refractivity contribution < 1.29 is 9.84 Å². The van der Waals surface area contributed by atoms with Crippen molar-refractivity contribution in [2.45, 2.75) is 13.5 Å². The lowest BCUT2D eigenvalue weighted by Gasteiger charge is -2.23. The van der Waals surface area contributed by atoms with E-state index in [9.17, 15) is 9.90 Å². The first-order valence-electron chi connectivity index (χ1n) is 6.06. The molecule has 1 aliphatic heterocycles. The number of aromatic hydroxyl groups is 1. The molecule has 0 amide bonds. The van der Waals surface area contributed by atoms with Crippen molar-refractivity contribution in [1.82, 2.24) is 14.6 Å². The molecule has 0 atom stereocenters. The second-order valence-electron chi connectivity index (χ2n) is 4.05. The Labute approximate surface area is 115 Å². The summed E-state index contributed by atoms with van der Waals surface area (Å²) in [7, 11) is 0. The summed E-state index contributed by atoms with van der Waals surface area (Å²) in [5.74, 6) is -0.159. The van der Waals surface area contributed by atoms with Crippen molar-refractivity contribution in [3.63, 3.8) is 0 Å². The van der Waals surface area contributed by atoms with Gasteiger partial charge in [0.05, 0.1) is 32.5 Å². The molecule has 2 rings (SSSR count). The predicted octanol–water partition coefficient (Wildman–Crippen LogP) is 0.297. The third-order valence-electron chi connectivity index (χ3n) is 2.86. The highest BCUT2D eigenvalue weighted by atomic mass is 32.1. The first kappa shape index (κ1) is 13.8. The van der Waals surface area contributed by atoms with Gasteiger partial charge in [-0.05, 0) is 19.1 Å². The Bertz CT molecular complexity index is 587. The lowest BCUT2D eigenvalue weighted by Crippen LogP contribution is -2.32. The Kier molecular flexibility index (Phi) is 4.33. The average Bonchev–Trinajstić information content (AvgIpc) is 2.39. The summed E-state index contributed by atoms with van der Waals surface area (Å²) in [4.78, 5) is 14.3. The first-order chi connectivity index (χ1) is 9.13. The number of hydrogen-bond donors (Lipinski definition) is 2. The van der Waals surface area contributed by atoms with E-state index in [-0.39, 0.29) is 16.2 Å². The third-order valence-corrected chi connectivity index (χ3v) is 3.18. The fourth-order valence-corrected chi connectivity index (χ4v) is 2.10. The van der Waals surface area contributed by atoms with Gasteiger partial charge in [0, 0.05) is 6.54 Å². The van der Waals surface area contributed by atoms with E-state index in [4.69, 9.17) is 17.0 Å². The molecule has 7 nitrogen and oxygen atoms in total. The van der Waals surface area contributed by atoms with Gasteiger partial charge in [0.1, 0.15) is 5.56 Å². The van der Waals surface area contributed by atoms with Crippen molar-refractivity contribution in [2.75, 3.05) is 26.3 Å². The molecule has 8 heteroatoms. The van der Waals surface area contributed by atoms with Crippen LogP contribution in [0.1, 0.15) is 12.5 Å². The van der Waals surface area contributed by atoms with Crippen molar-refractivity contribution in [1.29, 1.82) is 0 Å². The lowest BCUT2D eigenvalue weighted by atomic mass is 10.3. The predicted molar refractivity (Wildman–Crippen MR) is 73.2 cm³/mol. The van der Waals surface area contributed by atoms with Crippen molar-refractivity contribution >= 4 is 18.4 Å². The van der Waals surface area contributed by atoms with Gasteiger partial charge in [-0.2, -0.15) is 5.10 Å². The minimum absolute atomic E-state index is 0.113. The number of aromatic nitrogens is 2. The van der Waals surface area contributed by atoms with Crippen LogP contribution in [0, 0.1) is 4.77 Å². The Morgan fingerprint density at radius 1 is 1.53 bits per heavy atom. The monoisotopic (exact) mass is 284 g/mol. The van der Waals surface area contributed by atoms with E-state index >= 15 is 0 Å². The molecule has 19 heavy (non-hydrogen) atoms. The van der Waals surface area contributed by atoms with Crippen LogP contribution < -0.4 is 5.56 Å². The maximum absolute atomic E-state index is 11.8. The molecule has 1 aromatic heterocycles. The molecular formula is C11H16N4O3S. The van der Waals surface area contributed by atoms with Crippen LogP contribution in [0.3, 0.4) is 0 Å². The number of aromatic amines is 1. The summed E-state index contributed by atoms with van der Waals surface area (Å²) < 4.78 is 6.84. The highest BCUT2D eigenvalue weighted by Crippen LogP contribution is 2.11. The van der Waals surface area contributed by atoms with E-state index in [0.29, 0.717) is 32.8 Å². The van der Waals surface area contributed by atoms with Crippen LogP contribution in [0.25, 0.3) is 0 Å². The third kappa shape index (κ3) is 3.02. The normalized spacial score (nSPS) is 16.2. The molecule has 0 saturated carbocycles. The molecule has 2 N–H and O–H groups in total. The molecule has 0 aliphatic carbocycles. The maximum Gasteiger partial charge on any atom is 0.264 e. The van der Waals surface area contributed by atoms with Gasteiger partial charge in [0.15, 0.2) is 4.77 Å². The van der Waals surface area contributed by atoms with Crippen LogP contribution in [-0.2, 0) is 11.3 Å². The van der Waals surface area contributed by atoms with Gasteiger partial charge >= 0.3 is 0 Å². The van der Waals surface area contributed by atoms with Crippen LogP contribution >= 0.6 is 12.2 Å². The molecule has 0 radical (unpaired) electrons. The minimum atomic E-state index is -0.441. The summed E-state index contributed by atoms with van der Waals surface area (Å²) in [6.45, 7) is 4.86. The fraction of sp³-hybridized carbons (Fsp3) is 0.545. The zero-order valence-corrected chi connectivity index (χ0v) is 11.4. The number of morpholine rings is 1. The van der Waals surface area contributed by atoms with E-state index < -0.39 is 5.56 Å². The molecule has 2 heterocycles. The van der Waals surface area contributed by atoms with Gasteiger partial charge in [0.2, 0.25) is 5.88 Å². The Balaban J connectivity index is 2.31. The van der Waals surface area contributed by atoms with E-state index in [1.54, 1.807) is 5.01 Å². The Morgan fingerprint density at radius 2 is 2.21 bits per heavy atom. The van der Waals surface area contributed by atoms with Gasteiger partial charge < -0.3 is 9.84 Å². The highest BCUT2D eigenvalue weighted by Gasteiger charge is 2.11. The zero-order chi connectivity index (χ0) is 13.8. The van der Waals surface area contributed by atoms with Gasteiger partial charge in [-0.25, -0.2) is 0 Å². The Morgan fingerprint density at radius 3 is 2.84 bits per heavy atom. The molecule has 1 aromatic rings. The van der Waals surface area contributed by atoms with E-state index in [0.717, 1.165) is 0 Å². The molecule has 0 bridgehead atoms. The van der Waals surface area contributed by atoms with Gasteiger partial charge in [-0.1, -0.05) is 0 Å². The van der Waals surface area contributed by atoms with Crippen molar-refractivity contribution in [3.05, 3.63) is 20.7 Å². The topological polar surface area (TPSA) is 82.8 Å². The molecule has 0 aromatic carbocycles. The first-order valence-corrected chi connectivity index (χ1v) is 6.47. The summed E-state index contributed by atoms with van der Waals surface area (Å²) in [5, 5.41) is 16.0. The number of rotatable bonds is 3. The summed E-state index contributed by atoms with van der Waals surface area (Å²) in [6, 6.07) is 0. The molecule has 1 aliphatic rings. The van der Waals surface area contributed by atoms with Crippen molar-refractivity contribution in [3.8, 4) is 5.88 Å². The van der Waals surface area contributed by atoms with Gasteiger partial charge in [-0.15, -0.1) is 0 Å². The highest BCUT2D eigenvalue weighted by molar-refractivity contribution is 7.71. The number of nitrogens with zero attached hydrogens (tertiary/aromatic N) is 3. The largest absolute Gasteiger partial charge is 0.494 e. The van der Waals surface area contributed by atoms with Crippen molar-refractivity contribution in [2.24, 2.45) is 5.10 Å². The molecule has 1 fully saturated rings. The van der Waals surface area contributed by atoms with Crippen LogP contribution in [0.5, 0.6) is 5.88 Å². The van der Waals surface area contributed by atoms with Gasteiger partial charge in [-0.3, -0.25) is 19.4 Å². The summed E-state index contributed by atoms with van der Waals surface area (Å²) >= 11 is 4.97. The van der Waals surface area contributed by atoms with Crippen LogP contribution in [0.2, 0.25) is 0 Å².